The number of allylic oxidation sites excluding steroid dienone is 1. The fourth-order valence-corrected chi connectivity index (χ4v) is 3.49. The zero-order chi connectivity index (χ0) is 27.9. The molecule has 0 spiro atoms. The Balaban J connectivity index is 1.84. The third-order valence-electron chi connectivity index (χ3n) is 5.54. The van der Waals surface area contributed by atoms with Crippen LogP contribution in [0, 0.1) is 5.41 Å². The van der Waals surface area contributed by atoms with Crippen molar-refractivity contribution in [2.75, 3.05) is 7.11 Å². The maximum atomic E-state index is 13.1. The van der Waals surface area contributed by atoms with E-state index in [-0.39, 0.29) is 17.2 Å². The Bertz CT molecular complexity index is 1290. The number of nitrogens with one attached hydrogen (secondary N) is 1. The molecular weight excluding hydrogens is 484 g/mol. The van der Waals surface area contributed by atoms with E-state index in [1.54, 1.807) is 27.7 Å². The van der Waals surface area contributed by atoms with E-state index in [0.29, 0.717) is 5.76 Å². The molecule has 0 saturated heterocycles. The lowest BCUT2D eigenvalue weighted by molar-refractivity contribution is -0.143. The summed E-state index contributed by atoms with van der Waals surface area (Å²) in [5, 5.41) is 2.58. The lowest BCUT2D eigenvalue weighted by Crippen LogP contribution is -2.40. The molecule has 8 nitrogen and oxygen atoms in total. The first-order valence-electron chi connectivity index (χ1n) is 12.1. The molecule has 1 amide bonds. The molecule has 0 saturated carbocycles. The topological polar surface area (TPSA) is 104 Å². The monoisotopic (exact) mass is 516 g/mol. The van der Waals surface area contributed by atoms with Crippen LogP contribution in [-0.2, 0) is 14.3 Å². The van der Waals surface area contributed by atoms with Crippen molar-refractivity contribution in [3.8, 4) is 11.5 Å². The number of amides is 1. The number of carbonyl (C=O) groups excluding carboxylic acids is 3. The fourth-order valence-electron chi connectivity index (χ4n) is 3.49. The number of aromatic nitrogens is 1. The number of hydrogen-bond acceptors (Lipinski definition) is 7. The summed E-state index contributed by atoms with van der Waals surface area (Å²) in [5.74, 6) is -1.55. The second-order valence-corrected chi connectivity index (χ2v) is 9.61. The van der Waals surface area contributed by atoms with Crippen LogP contribution in [0.1, 0.15) is 56.2 Å². The van der Waals surface area contributed by atoms with E-state index in [4.69, 9.17) is 14.2 Å². The van der Waals surface area contributed by atoms with Crippen LogP contribution in [0.5, 0.6) is 11.5 Å². The first-order chi connectivity index (χ1) is 18.0. The number of methoxy groups -OCH3 is 1. The molecular formula is C30H32N2O6. The molecule has 1 atom stereocenters. The van der Waals surface area contributed by atoms with Gasteiger partial charge in [0.25, 0.3) is 5.91 Å². The lowest BCUT2D eigenvalue weighted by Gasteiger charge is -2.20. The van der Waals surface area contributed by atoms with Gasteiger partial charge in [0.05, 0.1) is 12.5 Å². The zero-order valence-corrected chi connectivity index (χ0v) is 22.4. The number of nitrogens with zero attached hydrogens (tertiary/aromatic N) is 1. The molecule has 2 aromatic carbocycles. The Hall–Kier alpha value is -4.46. The number of ether oxygens (including phenoxy) is 3. The minimum absolute atomic E-state index is 0.125. The van der Waals surface area contributed by atoms with E-state index in [1.165, 1.54) is 26.3 Å². The molecule has 0 unspecified atom stereocenters. The van der Waals surface area contributed by atoms with E-state index in [2.05, 4.69) is 10.3 Å². The Morgan fingerprint density at radius 3 is 1.95 bits per heavy atom. The molecule has 1 heterocycles. The van der Waals surface area contributed by atoms with Gasteiger partial charge in [0.1, 0.15) is 11.8 Å². The summed E-state index contributed by atoms with van der Waals surface area (Å²) in [6.07, 6.45) is 1.35. The van der Waals surface area contributed by atoms with E-state index >= 15 is 0 Å². The van der Waals surface area contributed by atoms with Crippen LogP contribution in [0.15, 0.2) is 78.7 Å². The van der Waals surface area contributed by atoms with Crippen LogP contribution in [0.3, 0.4) is 0 Å². The summed E-state index contributed by atoms with van der Waals surface area (Å²) in [7, 11) is 1.39. The van der Waals surface area contributed by atoms with Crippen LogP contribution in [-0.4, -0.2) is 36.0 Å². The van der Waals surface area contributed by atoms with Crippen LogP contribution < -0.4 is 14.8 Å². The normalized spacial score (nSPS) is 11.6. The summed E-state index contributed by atoms with van der Waals surface area (Å²) in [5.41, 5.74) is 1.50. The average Bonchev–Trinajstić information content (AvgIpc) is 2.89. The number of rotatable bonds is 8. The molecule has 198 valence electrons. The molecule has 0 radical (unpaired) electrons. The van der Waals surface area contributed by atoms with Crippen molar-refractivity contribution in [3.63, 3.8) is 0 Å². The van der Waals surface area contributed by atoms with Gasteiger partial charge < -0.3 is 19.5 Å². The van der Waals surface area contributed by atoms with Gasteiger partial charge in [0, 0.05) is 17.8 Å². The van der Waals surface area contributed by atoms with Gasteiger partial charge in [-0.1, -0.05) is 60.7 Å². The Kier molecular flexibility index (Phi) is 9.02. The highest BCUT2D eigenvalue weighted by Gasteiger charge is 2.30. The fraction of sp³-hybridized carbons (Fsp3) is 0.267. The minimum atomic E-state index is -1.04. The van der Waals surface area contributed by atoms with Crippen LogP contribution in [0.25, 0.3) is 5.57 Å². The molecule has 0 bridgehead atoms. The van der Waals surface area contributed by atoms with Crippen molar-refractivity contribution in [2.24, 2.45) is 5.41 Å². The quantitative estimate of drug-likeness (QED) is 0.325. The molecule has 8 heteroatoms. The van der Waals surface area contributed by atoms with E-state index in [0.717, 1.165) is 16.7 Å². The van der Waals surface area contributed by atoms with Crippen molar-refractivity contribution in [1.29, 1.82) is 0 Å². The second-order valence-electron chi connectivity index (χ2n) is 9.61. The SMILES string of the molecule is COc1ccnc(C(=O)N[C@@H](C)C(=O)OC(C)=C(c2ccccc2)c2ccccc2)c1OC(=O)C(C)(C)C. The minimum Gasteiger partial charge on any atom is -0.493 e. The highest BCUT2D eigenvalue weighted by Crippen LogP contribution is 2.32. The predicted octanol–water partition coefficient (Wildman–Crippen LogP) is 5.18. The Labute approximate surface area is 222 Å². The highest BCUT2D eigenvalue weighted by atomic mass is 16.6. The van der Waals surface area contributed by atoms with Crippen molar-refractivity contribution < 1.29 is 28.6 Å². The van der Waals surface area contributed by atoms with Gasteiger partial charge in [-0.25, -0.2) is 9.78 Å². The predicted molar refractivity (Wildman–Crippen MR) is 143 cm³/mol. The summed E-state index contributed by atoms with van der Waals surface area (Å²) < 4.78 is 16.4. The standard InChI is InChI=1S/C30H32N2O6/c1-19(32-27(33)25-26(23(36-6)17-18-31-25)38-29(35)30(3,4)5)28(34)37-20(2)24(21-13-9-7-10-14-21)22-15-11-8-12-16-22/h7-19H,1-6H3,(H,32,33)/t19-/m0/s1. The van der Waals surface area contributed by atoms with Gasteiger partial charge >= 0.3 is 11.9 Å². The number of carbonyl (C=O) groups is 3. The lowest BCUT2D eigenvalue weighted by atomic mass is 9.97. The largest absolute Gasteiger partial charge is 0.493 e. The molecule has 0 aliphatic rings. The van der Waals surface area contributed by atoms with Crippen LogP contribution in [0.4, 0.5) is 0 Å². The summed E-state index contributed by atoms with van der Waals surface area (Å²) in [6.45, 7) is 8.26. The van der Waals surface area contributed by atoms with Gasteiger partial charge in [-0.05, 0) is 45.7 Å². The molecule has 3 rings (SSSR count). The van der Waals surface area contributed by atoms with Crippen LogP contribution in [0.2, 0.25) is 0 Å². The van der Waals surface area contributed by atoms with Gasteiger partial charge in [-0.15, -0.1) is 0 Å². The van der Waals surface area contributed by atoms with Crippen LogP contribution >= 0.6 is 0 Å². The van der Waals surface area contributed by atoms with Crippen molar-refractivity contribution in [1.82, 2.24) is 10.3 Å². The molecule has 3 aromatic rings. The van der Waals surface area contributed by atoms with Gasteiger partial charge in [-0.3, -0.25) is 9.59 Å². The maximum absolute atomic E-state index is 13.1. The molecule has 0 fully saturated rings. The van der Waals surface area contributed by atoms with Crippen molar-refractivity contribution in [2.45, 2.75) is 40.7 Å². The average molecular weight is 517 g/mol. The Morgan fingerprint density at radius 2 is 1.45 bits per heavy atom. The molecule has 0 aliphatic carbocycles. The van der Waals surface area contributed by atoms with E-state index in [9.17, 15) is 14.4 Å². The first kappa shape index (κ1) is 28.1. The highest BCUT2D eigenvalue weighted by molar-refractivity contribution is 5.99. The summed E-state index contributed by atoms with van der Waals surface area (Å²) >= 11 is 0. The summed E-state index contributed by atoms with van der Waals surface area (Å²) in [6, 6.07) is 19.6. The van der Waals surface area contributed by atoms with E-state index < -0.39 is 29.3 Å². The number of pyridine rings is 1. The first-order valence-corrected chi connectivity index (χ1v) is 12.1. The van der Waals surface area contributed by atoms with Gasteiger partial charge in [0.2, 0.25) is 5.75 Å². The van der Waals surface area contributed by atoms with Crippen molar-refractivity contribution in [3.05, 3.63) is 95.5 Å². The smallest absolute Gasteiger partial charge is 0.333 e. The number of hydrogen-bond donors (Lipinski definition) is 1. The van der Waals surface area contributed by atoms with E-state index in [1.807, 2.05) is 60.7 Å². The molecule has 38 heavy (non-hydrogen) atoms. The zero-order valence-electron chi connectivity index (χ0n) is 22.4. The second kappa shape index (κ2) is 12.2. The third-order valence-corrected chi connectivity index (χ3v) is 5.54. The molecule has 1 N–H and O–H groups in total. The number of benzene rings is 2. The van der Waals surface area contributed by atoms with Crippen molar-refractivity contribution >= 4 is 23.4 Å². The third kappa shape index (κ3) is 6.85. The molecule has 1 aromatic heterocycles. The van der Waals surface area contributed by atoms with Gasteiger partial charge in [-0.2, -0.15) is 0 Å². The maximum Gasteiger partial charge on any atom is 0.333 e. The molecule has 0 aliphatic heterocycles. The number of esters is 2. The van der Waals surface area contributed by atoms with Gasteiger partial charge in [0.15, 0.2) is 11.4 Å². The summed E-state index contributed by atoms with van der Waals surface area (Å²) in [4.78, 5) is 42.7. The Morgan fingerprint density at radius 1 is 0.895 bits per heavy atom.